The van der Waals surface area contributed by atoms with Gasteiger partial charge in [0.15, 0.2) is 0 Å². The highest BCUT2D eigenvalue weighted by atomic mass is 16.2. The Kier molecular flexibility index (Phi) is 4.50. The van der Waals surface area contributed by atoms with Crippen LogP contribution < -0.4 is 5.32 Å². The maximum atomic E-state index is 10.6. The van der Waals surface area contributed by atoms with Crippen LogP contribution in [0.5, 0.6) is 0 Å². The predicted molar refractivity (Wildman–Crippen MR) is 43.1 cm³/mol. The number of nitrogens with one attached hydrogen (secondary N) is 1. The van der Waals surface area contributed by atoms with Crippen molar-refractivity contribution in [3.05, 3.63) is 0 Å². The van der Waals surface area contributed by atoms with Crippen molar-refractivity contribution in [1.29, 1.82) is 0 Å². The molecule has 0 aliphatic carbocycles. The van der Waals surface area contributed by atoms with E-state index < -0.39 is 0 Å². The second kappa shape index (κ2) is 4.88. The first-order valence-electron chi connectivity index (χ1n) is 3.84. The van der Waals surface area contributed by atoms with Crippen molar-refractivity contribution in [2.75, 3.05) is 0 Å². The van der Waals surface area contributed by atoms with E-state index in [1.165, 1.54) is 6.92 Å². The van der Waals surface area contributed by atoms with Gasteiger partial charge in [0.1, 0.15) is 6.29 Å². The maximum Gasteiger partial charge on any atom is 0.217 e. The van der Waals surface area contributed by atoms with Crippen LogP contribution in [0.15, 0.2) is 0 Å². The summed E-state index contributed by atoms with van der Waals surface area (Å²) in [6.07, 6.45) is 1.68. The fourth-order valence-electron chi connectivity index (χ4n) is 0.799. The van der Waals surface area contributed by atoms with Gasteiger partial charge in [0.2, 0.25) is 5.91 Å². The molecule has 1 N–H and O–H groups in total. The first kappa shape index (κ1) is 10.1. The molecule has 64 valence electrons. The van der Waals surface area contributed by atoms with E-state index in [4.69, 9.17) is 0 Å². The molecular weight excluding hydrogens is 142 g/mol. The third-order valence-electron chi connectivity index (χ3n) is 1.77. The standard InChI is InChI=1S/C8H15NO2/c1-4-6(2)8(5-10)9-7(3)11/h5-6,8H,4H2,1-3H3,(H,9,11)/t6-,8?/m0/s1. The fourth-order valence-corrected chi connectivity index (χ4v) is 0.799. The topological polar surface area (TPSA) is 46.2 Å². The summed E-state index contributed by atoms with van der Waals surface area (Å²) in [5.74, 6) is 0.0683. The lowest BCUT2D eigenvalue weighted by atomic mass is 10.0. The van der Waals surface area contributed by atoms with E-state index in [0.29, 0.717) is 0 Å². The molecule has 0 heterocycles. The van der Waals surface area contributed by atoms with E-state index in [0.717, 1.165) is 12.7 Å². The van der Waals surface area contributed by atoms with E-state index in [1.807, 2.05) is 13.8 Å². The van der Waals surface area contributed by atoms with Crippen molar-refractivity contribution in [2.45, 2.75) is 33.2 Å². The molecule has 0 aliphatic heterocycles. The van der Waals surface area contributed by atoms with E-state index in [-0.39, 0.29) is 17.9 Å². The van der Waals surface area contributed by atoms with Crippen LogP contribution in [0.1, 0.15) is 27.2 Å². The van der Waals surface area contributed by atoms with Crippen LogP contribution in [0.2, 0.25) is 0 Å². The number of rotatable bonds is 4. The van der Waals surface area contributed by atoms with E-state index >= 15 is 0 Å². The molecule has 0 saturated heterocycles. The molecule has 0 spiro atoms. The summed E-state index contributed by atoms with van der Waals surface area (Å²) >= 11 is 0. The third kappa shape index (κ3) is 3.75. The average Bonchev–Trinajstić information content (AvgIpc) is 1.98. The second-order valence-electron chi connectivity index (χ2n) is 2.75. The van der Waals surface area contributed by atoms with Gasteiger partial charge in [0.25, 0.3) is 0 Å². The van der Waals surface area contributed by atoms with Crippen molar-refractivity contribution < 1.29 is 9.59 Å². The quantitative estimate of drug-likeness (QED) is 0.612. The molecule has 1 amide bonds. The number of hydrogen-bond donors (Lipinski definition) is 1. The minimum absolute atomic E-state index is 0.151. The van der Waals surface area contributed by atoms with Gasteiger partial charge >= 0.3 is 0 Å². The molecule has 3 nitrogen and oxygen atoms in total. The van der Waals surface area contributed by atoms with Crippen LogP contribution in [0, 0.1) is 5.92 Å². The Balaban J connectivity index is 3.94. The molecule has 0 bridgehead atoms. The highest BCUT2D eigenvalue weighted by molar-refractivity contribution is 5.77. The Morgan fingerprint density at radius 1 is 1.64 bits per heavy atom. The van der Waals surface area contributed by atoms with Gasteiger partial charge in [-0.2, -0.15) is 0 Å². The lowest BCUT2D eigenvalue weighted by molar-refractivity contribution is -0.122. The molecule has 11 heavy (non-hydrogen) atoms. The summed E-state index contributed by atoms with van der Waals surface area (Å²) in [4.78, 5) is 21.0. The predicted octanol–water partition coefficient (Wildman–Crippen LogP) is 0.736. The Bertz CT molecular complexity index is 145. The largest absolute Gasteiger partial charge is 0.347 e. The van der Waals surface area contributed by atoms with Gasteiger partial charge in [-0.05, 0) is 5.92 Å². The summed E-state index contributed by atoms with van der Waals surface area (Å²) in [6, 6.07) is -0.322. The van der Waals surface area contributed by atoms with Crippen molar-refractivity contribution in [3.8, 4) is 0 Å². The Labute approximate surface area is 67.2 Å². The highest BCUT2D eigenvalue weighted by Gasteiger charge is 2.14. The maximum absolute atomic E-state index is 10.6. The highest BCUT2D eigenvalue weighted by Crippen LogP contribution is 2.04. The van der Waals surface area contributed by atoms with Gasteiger partial charge in [0.05, 0.1) is 6.04 Å². The monoisotopic (exact) mass is 157 g/mol. The first-order chi connectivity index (χ1) is 5.11. The lowest BCUT2D eigenvalue weighted by Crippen LogP contribution is -2.39. The third-order valence-corrected chi connectivity index (χ3v) is 1.77. The zero-order valence-electron chi connectivity index (χ0n) is 7.26. The van der Waals surface area contributed by atoms with Crippen molar-refractivity contribution in [3.63, 3.8) is 0 Å². The molecule has 0 aliphatic rings. The van der Waals surface area contributed by atoms with E-state index in [2.05, 4.69) is 5.32 Å². The zero-order chi connectivity index (χ0) is 8.85. The Hall–Kier alpha value is -0.860. The van der Waals surface area contributed by atoms with Crippen molar-refractivity contribution in [2.24, 2.45) is 5.92 Å². The molecule has 0 saturated carbocycles. The summed E-state index contributed by atoms with van der Waals surface area (Å²) in [6.45, 7) is 5.34. The lowest BCUT2D eigenvalue weighted by Gasteiger charge is -2.16. The molecular formula is C8H15NO2. The summed E-state index contributed by atoms with van der Waals surface area (Å²) < 4.78 is 0. The molecule has 1 unspecified atom stereocenters. The van der Waals surface area contributed by atoms with Crippen LogP contribution in [0.3, 0.4) is 0 Å². The summed E-state index contributed by atoms with van der Waals surface area (Å²) in [7, 11) is 0. The molecule has 0 radical (unpaired) electrons. The number of aldehydes is 1. The minimum atomic E-state index is -0.322. The smallest absolute Gasteiger partial charge is 0.217 e. The van der Waals surface area contributed by atoms with Crippen molar-refractivity contribution >= 4 is 12.2 Å². The van der Waals surface area contributed by atoms with Crippen LogP contribution in [-0.2, 0) is 9.59 Å². The fraction of sp³-hybridized carbons (Fsp3) is 0.750. The molecule has 0 fully saturated rings. The van der Waals surface area contributed by atoms with Crippen LogP contribution >= 0.6 is 0 Å². The van der Waals surface area contributed by atoms with Gasteiger partial charge in [-0.3, -0.25) is 4.79 Å². The Morgan fingerprint density at radius 3 is 2.45 bits per heavy atom. The molecule has 0 rings (SSSR count). The van der Waals surface area contributed by atoms with E-state index in [1.54, 1.807) is 0 Å². The van der Waals surface area contributed by atoms with Crippen LogP contribution in [0.25, 0.3) is 0 Å². The molecule has 3 heteroatoms. The molecule has 2 atom stereocenters. The summed E-state index contributed by atoms with van der Waals surface area (Å²) in [5, 5.41) is 2.57. The second-order valence-corrected chi connectivity index (χ2v) is 2.75. The first-order valence-corrected chi connectivity index (χ1v) is 3.84. The number of hydrogen-bond acceptors (Lipinski definition) is 2. The number of carbonyl (C=O) groups excluding carboxylic acids is 2. The van der Waals surface area contributed by atoms with Crippen molar-refractivity contribution in [1.82, 2.24) is 5.32 Å². The summed E-state index contributed by atoms with van der Waals surface area (Å²) in [5.41, 5.74) is 0. The molecule has 0 aromatic rings. The normalized spacial score (nSPS) is 15.2. The van der Waals surface area contributed by atoms with Gasteiger partial charge in [-0.15, -0.1) is 0 Å². The average molecular weight is 157 g/mol. The minimum Gasteiger partial charge on any atom is -0.347 e. The molecule has 0 aromatic carbocycles. The van der Waals surface area contributed by atoms with E-state index in [9.17, 15) is 9.59 Å². The SMILES string of the molecule is CC[C@H](C)C(C=O)NC(C)=O. The number of amides is 1. The van der Waals surface area contributed by atoms with Crippen LogP contribution in [-0.4, -0.2) is 18.2 Å². The number of carbonyl (C=O) groups is 2. The molecule has 0 aromatic heterocycles. The van der Waals surface area contributed by atoms with Crippen LogP contribution in [0.4, 0.5) is 0 Å². The van der Waals surface area contributed by atoms with Gasteiger partial charge in [-0.1, -0.05) is 20.3 Å². The van der Waals surface area contributed by atoms with Gasteiger partial charge in [-0.25, -0.2) is 0 Å². The van der Waals surface area contributed by atoms with Gasteiger partial charge < -0.3 is 10.1 Å². The van der Waals surface area contributed by atoms with Gasteiger partial charge in [0, 0.05) is 6.92 Å². The Morgan fingerprint density at radius 2 is 2.18 bits per heavy atom. The zero-order valence-corrected chi connectivity index (χ0v) is 7.26.